The number of hydrogen-bond donors (Lipinski definition) is 2. The van der Waals surface area contributed by atoms with Gasteiger partial charge in [0.15, 0.2) is 0 Å². The van der Waals surface area contributed by atoms with Gasteiger partial charge in [0.2, 0.25) is 5.95 Å². The van der Waals surface area contributed by atoms with Crippen molar-refractivity contribution in [2.24, 2.45) is 0 Å². The van der Waals surface area contributed by atoms with Gasteiger partial charge < -0.3 is 10.6 Å². The lowest BCUT2D eigenvalue weighted by Crippen LogP contribution is -2.05. The second kappa shape index (κ2) is 7.75. The van der Waals surface area contributed by atoms with E-state index in [4.69, 9.17) is 0 Å². The zero-order valence-corrected chi connectivity index (χ0v) is 14.6. The van der Waals surface area contributed by atoms with E-state index >= 15 is 0 Å². The van der Waals surface area contributed by atoms with E-state index in [0.29, 0.717) is 12.5 Å². The lowest BCUT2D eigenvalue weighted by atomic mass is 10.1. The Morgan fingerprint density at radius 1 is 1.00 bits per heavy atom. The molecule has 120 valence electrons. The molecule has 3 rings (SSSR count). The fourth-order valence-corrected chi connectivity index (χ4v) is 2.45. The van der Waals surface area contributed by atoms with Crippen LogP contribution in [0.1, 0.15) is 0 Å². The Labute approximate surface area is 149 Å². The van der Waals surface area contributed by atoms with Crippen LogP contribution in [0.2, 0.25) is 0 Å². The molecule has 0 radical (unpaired) electrons. The van der Waals surface area contributed by atoms with Gasteiger partial charge in [-0.25, -0.2) is 4.98 Å². The molecular formula is C19H17BrN4. The average molecular weight is 381 g/mol. The molecule has 1 heterocycles. The monoisotopic (exact) mass is 380 g/mol. The van der Waals surface area contributed by atoms with Crippen LogP contribution in [0.15, 0.2) is 77.8 Å². The van der Waals surface area contributed by atoms with Crippen molar-refractivity contribution in [2.75, 3.05) is 17.2 Å². The minimum absolute atomic E-state index is 0.547. The first-order chi connectivity index (χ1) is 11.7. The van der Waals surface area contributed by atoms with Crippen LogP contribution in [-0.2, 0) is 0 Å². The number of nitrogens with zero attached hydrogens (tertiary/aromatic N) is 2. The first kappa shape index (κ1) is 16.2. The maximum atomic E-state index is 4.63. The molecular weight excluding hydrogens is 364 g/mol. The number of rotatable bonds is 6. The van der Waals surface area contributed by atoms with Gasteiger partial charge in [-0.3, -0.25) is 0 Å². The topological polar surface area (TPSA) is 49.8 Å². The summed E-state index contributed by atoms with van der Waals surface area (Å²) < 4.78 is 1.03. The molecule has 0 saturated heterocycles. The molecule has 0 bridgehead atoms. The number of hydrogen-bond acceptors (Lipinski definition) is 4. The molecule has 0 atom stereocenters. The quantitative estimate of drug-likeness (QED) is 0.573. The molecule has 24 heavy (non-hydrogen) atoms. The van der Waals surface area contributed by atoms with Crippen molar-refractivity contribution in [1.29, 1.82) is 0 Å². The summed E-state index contributed by atoms with van der Waals surface area (Å²) in [6.45, 7) is 4.37. The molecule has 3 aromatic rings. The fourth-order valence-electron chi connectivity index (χ4n) is 2.19. The third kappa shape index (κ3) is 4.20. The van der Waals surface area contributed by atoms with Crippen molar-refractivity contribution in [3.8, 4) is 11.3 Å². The van der Waals surface area contributed by atoms with Gasteiger partial charge in [-0.05, 0) is 24.3 Å². The molecule has 5 heteroatoms. The maximum Gasteiger partial charge on any atom is 0.229 e. The van der Waals surface area contributed by atoms with Gasteiger partial charge in [-0.2, -0.15) is 4.98 Å². The number of aromatic nitrogens is 2. The SMILES string of the molecule is C=CCNc1cc(-c2ccccc2)nc(Nc2ccc(Br)cc2)n1. The normalized spacial score (nSPS) is 10.2. The molecule has 0 aliphatic rings. The summed E-state index contributed by atoms with van der Waals surface area (Å²) >= 11 is 3.43. The van der Waals surface area contributed by atoms with E-state index in [2.05, 4.69) is 43.1 Å². The van der Waals surface area contributed by atoms with Gasteiger partial charge in [-0.1, -0.05) is 52.3 Å². The van der Waals surface area contributed by atoms with E-state index in [1.807, 2.05) is 60.7 Å². The highest BCUT2D eigenvalue weighted by atomic mass is 79.9. The van der Waals surface area contributed by atoms with Crippen molar-refractivity contribution in [3.05, 3.63) is 77.8 Å². The Balaban J connectivity index is 1.94. The number of benzene rings is 2. The maximum absolute atomic E-state index is 4.63. The van der Waals surface area contributed by atoms with Crippen LogP contribution in [0, 0.1) is 0 Å². The summed E-state index contributed by atoms with van der Waals surface area (Å²) in [7, 11) is 0. The van der Waals surface area contributed by atoms with Crippen LogP contribution >= 0.6 is 15.9 Å². The Morgan fingerprint density at radius 3 is 2.46 bits per heavy atom. The Bertz CT molecular complexity index is 817. The van der Waals surface area contributed by atoms with Crippen LogP contribution < -0.4 is 10.6 Å². The highest BCUT2D eigenvalue weighted by Crippen LogP contribution is 2.23. The van der Waals surface area contributed by atoms with E-state index < -0.39 is 0 Å². The third-order valence-corrected chi connectivity index (χ3v) is 3.85. The number of halogens is 1. The molecule has 0 aliphatic heterocycles. The zero-order chi connectivity index (χ0) is 16.8. The van der Waals surface area contributed by atoms with E-state index in [9.17, 15) is 0 Å². The first-order valence-corrected chi connectivity index (χ1v) is 8.36. The van der Waals surface area contributed by atoms with Gasteiger partial charge in [0.05, 0.1) is 5.69 Å². The lowest BCUT2D eigenvalue weighted by Gasteiger charge is -2.11. The third-order valence-electron chi connectivity index (χ3n) is 3.32. The van der Waals surface area contributed by atoms with Crippen molar-refractivity contribution in [1.82, 2.24) is 9.97 Å². The number of anilines is 3. The predicted octanol–water partition coefficient (Wildman–Crippen LogP) is 5.25. The number of nitrogens with one attached hydrogen (secondary N) is 2. The summed E-state index contributed by atoms with van der Waals surface area (Å²) in [5, 5.41) is 6.47. The molecule has 0 amide bonds. The van der Waals surface area contributed by atoms with Crippen LogP contribution in [0.25, 0.3) is 11.3 Å². The predicted molar refractivity (Wildman–Crippen MR) is 104 cm³/mol. The van der Waals surface area contributed by atoms with Crippen LogP contribution in [-0.4, -0.2) is 16.5 Å². The van der Waals surface area contributed by atoms with E-state index in [1.54, 1.807) is 6.08 Å². The molecule has 0 saturated carbocycles. The fraction of sp³-hybridized carbons (Fsp3) is 0.0526. The van der Waals surface area contributed by atoms with Gasteiger partial charge in [0, 0.05) is 28.3 Å². The minimum Gasteiger partial charge on any atom is -0.366 e. The second-order valence-electron chi connectivity index (χ2n) is 5.13. The van der Waals surface area contributed by atoms with Gasteiger partial charge in [0.1, 0.15) is 5.82 Å². The molecule has 0 unspecified atom stereocenters. The molecule has 0 aliphatic carbocycles. The molecule has 0 fully saturated rings. The lowest BCUT2D eigenvalue weighted by molar-refractivity contribution is 1.14. The zero-order valence-electron chi connectivity index (χ0n) is 13.0. The average Bonchev–Trinajstić information content (AvgIpc) is 2.62. The van der Waals surface area contributed by atoms with Gasteiger partial charge in [-0.15, -0.1) is 6.58 Å². The largest absolute Gasteiger partial charge is 0.366 e. The van der Waals surface area contributed by atoms with Crippen LogP contribution in [0.4, 0.5) is 17.5 Å². The standard InChI is InChI=1S/C19H17BrN4/c1-2-12-21-18-13-17(14-6-4-3-5-7-14)23-19(24-18)22-16-10-8-15(20)9-11-16/h2-11,13H,1,12H2,(H2,21,22,23,24). The van der Waals surface area contributed by atoms with E-state index in [1.165, 1.54) is 0 Å². The van der Waals surface area contributed by atoms with Gasteiger partial charge >= 0.3 is 0 Å². The van der Waals surface area contributed by atoms with E-state index in [0.717, 1.165) is 27.2 Å². The summed E-state index contributed by atoms with van der Waals surface area (Å²) in [5.41, 5.74) is 2.83. The molecule has 1 aromatic heterocycles. The highest BCUT2D eigenvalue weighted by Gasteiger charge is 2.07. The van der Waals surface area contributed by atoms with Crippen LogP contribution in [0.5, 0.6) is 0 Å². The summed E-state index contributed by atoms with van der Waals surface area (Å²) in [6, 6.07) is 19.9. The second-order valence-corrected chi connectivity index (χ2v) is 6.05. The molecule has 2 aromatic carbocycles. The Hall–Kier alpha value is -2.66. The van der Waals surface area contributed by atoms with Crippen molar-refractivity contribution in [3.63, 3.8) is 0 Å². The Morgan fingerprint density at radius 2 is 1.75 bits per heavy atom. The molecule has 4 nitrogen and oxygen atoms in total. The summed E-state index contributed by atoms with van der Waals surface area (Å²) in [4.78, 5) is 9.15. The summed E-state index contributed by atoms with van der Waals surface area (Å²) in [6.07, 6.45) is 1.80. The Kier molecular flexibility index (Phi) is 5.23. The smallest absolute Gasteiger partial charge is 0.229 e. The van der Waals surface area contributed by atoms with Gasteiger partial charge in [0.25, 0.3) is 0 Å². The van der Waals surface area contributed by atoms with E-state index in [-0.39, 0.29) is 0 Å². The minimum atomic E-state index is 0.547. The van der Waals surface area contributed by atoms with Crippen molar-refractivity contribution >= 4 is 33.4 Å². The highest BCUT2D eigenvalue weighted by molar-refractivity contribution is 9.10. The van der Waals surface area contributed by atoms with Crippen molar-refractivity contribution in [2.45, 2.75) is 0 Å². The van der Waals surface area contributed by atoms with Crippen molar-refractivity contribution < 1.29 is 0 Å². The summed E-state index contributed by atoms with van der Waals surface area (Å²) in [5.74, 6) is 1.30. The molecule has 2 N–H and O–H groups in total. The van der Waals surface area contributed by atoms with Crippen LogP contribution in [0.3, 0.4) is 0 Å². The molecule has 0 spiro atoms. The first-order valence-electron chi connectivity index (χ1n) is 7.56.